The lowest BCUT2D eigenvalue weighted by molar-refractivity contribution is -0.118. The molecule has 3 rings (SSSR count). The van der Waals surface area contributed by atoms with Crippen LogP contribution in [0.4, 0.5) is 5.69 Å². The van der Waals surface area contributed by atoms with Crippen LogP contribution in [0.1, 0.15) is 53.0 Å². The molecule has 0 aliphatic carbocycles. The Bertz CT molecular complexity index is 708. The normalized spacial score (nSPS) is 21.6. The van der Waals surface area contributed by atoms with E-state index in [0.29, 0.717) is 6.54 Å². The van der Waals surface area contributed by atoms with Crippen molar-refractivity contribution in [2.45, 2.75) is 58.7 Å². The lowest BCUT2D eigenvalue weighted by atomic mass is 9.77. The summed E-state index contributed by atoms with van der Waals surface area (Å²) >= 11 is 0. The van der Waals surface area contributed by atoms with Crippen molar-refractivity contribution in [3.05, 3.63) is 35.3 Å². The summed E-state index contributed by atoms with van der Waals surface area (Å²) in [5.41, 5.74) is 2.43. The zero-order valence-corrected chi connectivity index (χ0v) is 17.2. The highest BCUT2D eigenvalue weighted by molar-refractivity contribution is 6.56. The van der Waals surface area contributed by atoms with Crippen LogP contribution in [0.5, 0.6) is 0 Å². The Balaban J connectivity index is 1.87. The molecule has 1 aromatic carbocycles. The Hall–Kier alpha value is -1.79. The molecule has 27 heavy (non-hydrogen) atoms. The van der Waals surface area contributed by atoms with Gasteiger partial charge in [0, 0.05) is 32.2 Å². The largest absolute Gasteiger partial charge is 0.492 e. The van der Waals surface area contributed by atoms with E-state index >= 15 is 0 Å². The lowest BCUT2D eigenvalue weighted by Crippen LogP contribution is -2.41. The minimum Gasteiger partial charge on any atom is -0.400 e. The molecular weight excluding hydrogens is 339 g/mol. The van der Waals surface area contributed by atoms with E-state index in [1.54, 1.807) is 0 Å². The highest BCUT2D eigenvalue weighted by Gasteiger charge is 2.52. The minimum atomic E-state index is -0.475. The Morgan fingerprint density at radius 2 is 1.81 bits per heavy atom. The van der Waals surface area contributed by atoms with Gasteiger partial charge < -0.3 is 19.5 Å². The van der Waals surface area contributed by atoms with Crippen LogP contribution in [0.15, 0.2) is 29.7 Å². The topological polar surface area (TPSA) is 50.8 Å². The van der Waals surface area contributed by atoms with Gasteiger partial charge >= 0.3 is 7.12 Å². The molecule has 5 nitrogen and oxygen atoms in total. The van der Waals surface area contributed by atoms with Gasteiger partial charge in [-0.15, -0.1) is 0 Å². The summed E-state index contributed by atoms with van der Waals surface area (Å²) in [7, 11) is -0.475. The van der Waals surface area contributed by atoms with Gasteiger partial charge in [-0.05, 0) is 63.7 Å². The SMILES string of the molecule is CC(=O)NCC(=Cc1cccc(N2CCCC2)c1)B1OC(C)(C)C(C)(C)O1. The maximum atomic E-state index is 11.5. The van der Waals surface area contributed by atoms with Gasteiger partial charge in [0.05, 0.1) is 11.2 Å². The lowest BCUT2D eigenvalue weighted by Gasteiger charge is -2.32. The summed E-state index contributed by atoms with van der Waals surface area (Å²) in [5.74, 6) is -0.0664. The second-order valence-corrected chi connectivity index (χ2v) is 8.51. The van der Waals surface area contributed by atoms with Crippen LogP contribution in [0.25, 0.3) is 6.08 Å². The predicted octanol–water partition coefficient (Wildman–Crippen LogP) is 3.44. The highest BCUT2D eigenvalue weighted by Crippen LogP contribution is 2.38. The second kappa shape index (κ2) is 7.68. The van der Waals surface area contributed by atoms with E-state index in [4.69, 9.17) is 9.31 Å². The predicted molar refractivity (Wildman–Crippen MR) is 111 cm³/mol. The van der Waals surface area contributed by atoms with E-state index in [1.165, 1.54) is 25.5 Å². The fourth-order valence-corrected chi connectivity index (χ4v) is 3.42. The average molecular weight is 370 g/mol. The standard InChI is InChI=1S/C21H31BN2O3/c1-16(25)23-15-18(22-26-20(2,3)21(4,5)27-22)13-17-9-8-10-19(14-17)24-11-6-7-12-24/h8-10,13-14H,6-7,11-12,15H2,1-5H3,(H,23,25). The molecule has 0 saturated carbocycles. The average Bonchev–Trinajstić information content (AvgIpc) is 3.18. The molecule has 2 saturated heterocycles. The third-order valence-corrected chi connectivity index (χ3v) is 5.79. The zero-order chi connectivity index (χ0) is 19.7. The van der Waals surface area contributed by atoms with Crippen molar-refractivity contribution in [1.29, 1.82) is 0 Å². The molecule has 0 unspecified atom stereocenters. The summed E-state index contributed by atoms with van der Waals surface area (Å²) < 4.78 is 12.4. The third-order valence-electron chi connectivity index (χ3n) is 5.79. The zero-order valence-electron chi connectivity index (χ0n) is 17.2. The Labute approximate surface area is 163 Å². The Morgan fingerprint density at radius 3 is 2.41 bits per heavy atom. The molecule has 2 aliphatic rings. The molecule has 2 aliphatic heterocycles. The van der Waals surface area contributed by atoms with Crippen LogP contribution in [-0.2, 0) is 14.1 Å². The molecule has 1 aromatic rings. The number of hydrogen-bond donors (Lipinski definition) is 1. The summed E-state index contributed by atoms with van der Waals surface area (Å²) in [5, 5.41) is 2.89. The molecular formula is C21H31BN2O3. The molecule has 6 heteroatoms. The summed E-state index contributed by atoms with van der Waals surface area (Å²) in [6.45, 7) is 12.3. The van der Waals surface area contributed by atoms with E-state index in [0.717, 1.165) is 24.1 Å². The first-order chi connectivity index (χ1) is 12.7. The maximum Gasteiger partial charge on any atom is 0.492 e. The molecule has 1 amide bonds. The van der Waals surface area contributed by atoms with Crippen molar-refractivity contribution in [3.8, 4) is 0 Å². The number of rotatable bonds is 5. The van der Waals surface area contributed by atoms with Crippen LogP contribution in [-0.4, -0.2) is 43.9 Å². The number of nitrogens with zero attached hydrogens (tertiary/aromatic N) is 1. The fraction of sp³-hybridized carbons (Fsp3) is 0.571. The molecule has 2 heterocycles. The fourth-order valence-electron chi connectivity index (χ4n) is 3.42. The van der Waals surface area contributed by atoms with Crippen molar-refractivity contribution in [2.75, 3.05) is 24.5 Å². The van der Waals surface area contributed by atoms with Gasteiger partial charge in [0.1, 0.15) is 0 Å². The van der Waals surface area contributed by atoms with Gasteiger partial charge in [-0.1, -0.05) is 18.2 Å². The van der Waals surface area contributed by atoms with E-state index in [1.807, 2.05) is 27.7 Å². The first-order valence-corrected chi connectivity index (χ1v) is 9.83. The van der Waals surface area contributed by atoms with E-state index in [-0.39, 0.29) is 5.91 Å². The third kappa shape index (κ3) is 4.56. The van der Waals surface area contributed by atoms with Gasteiger partial charge in [0.2, 0.25) is 5.91 Å². The van der Waals surface area contributed by atoms with Crippen molar-refractivity contribution < 1.29 is 14.1 Å². The van der Waals surface area contributed by atoms with Crippen LogP contribution >= 0.6 is 0 Å². The van der Waals surface area contributed by atoms with E-state index in [9.17, 15) is 4.79 Å². The summed E-state index contributed by atoms with van der Waals surface area (Å²) in [6.07, 6.45) is 4.58. The second-order valence-electron chi connectivity index (χ2n) is 8.51. The molecule has 146 valence electrons. The number of hydrogen-bond acceptors (Lipinski definition) is 4. The molecule has 0 spiro atoms. The Kier molecular flexibility index (Phi) is 5.68. The van der Waals surface area contributed by atoms with Gasteiger partial charge in [-0.25, -0.2) is 0 Å². The van der Waals surface area contributed by atoms with Crippen molar-refractivity contribution in [1.82, 2.24) is 5.32 Å². The van der Waals surface area contributed by atoms with Gasteiger partial charge in [-0.3, -0.25) is 4.79 Å². The van der Waals surface area contributed by atoms with Crippen molar-refractivity contribution >= 4 is 24.8 Å². The monoisotopic (exact) mass is 370 g/mol. The quantitative estimate of drug-likeness (QED) is 0.807. The number of carbonyl (C=O) groups excluding carboxylic acids is 1. The highest BCUT2D eigenvalue weighted by atomic mass is 16.7. The van der Waals surface area contributed by atoms with E-state index < -0.39 is 18.3 Å². The van der Waals surface area contributed by atoms with Gasteiger partial charge in [-0.2, -0.15) is 0 Å². The molecule has 0 atom stereocenters. The first-order valence-electron chi connectivity index (χ1n) is 9.83. The summed E-state index contributed by atoms with van der Waals surface area (Å²) in [4.78, 5) is 13.9. The number of benzene rings is 1. The first kappa shape index (κ1) is 20.0. The van der Waals surface area contributed by atoms with Crippen LogP contribution < -0.4 is 10.2 Å². The number of anilines is 1. The molecule has 0 aromatic heterocycles. The molecule has 0 bridgehead atoms. The number of nitrogens with one attached hydrogen (secondary N) is 1. The van der Waals surface area contributed by atoms with Crippen LogP contribution in [0.3, 0.4) is 0 Å². The van der Waals surface area contributed by atoms with Crippen molar-refractivity contribution in [3.63, 3.8) is 0 Å². The molecule has 1 N–H and O–H groups in total. The smallest absolute Gasteiger partial charge is 0.400 e. The number of amides is 1. The molecule has 0 radical (unpaired) electrons. The van der Waals surface area contributed by atoms with Crippen LogP contribution in [0, 0.1) is 0 Å². The number of carbonyl (C=O) groups is 1. The maximum absolute atomic E-state index is 11.5. The molecule has 2 fully saturated rings. The summed E-state index contributed by atoms with van der Waals surface area (Å²) in [6, 6.07) is 8.52. The van der Waals surface area contributed by atoms with Gasteiger partial charge in [0.15, 0.2) is 0 Å². The minimum absolute atomic E-state index is 0.0664. The van der Waals surface area contributed by atoms with E-state index in [2.05, 4.69) is 40.6 Å². The van der Waals surface area contributed by atoms with Crippen LogP contribution in [0.2, 0.25) is 0 Å². The van der Waals surface area contributed by atoms with Gasteiger partial charge in [0.25, 0.3) is 0 Å². The Morgan fingerprint density at radius 1 is 1.19 bits per heavy atom. The van der Waals surface area contributed by atoms with Crippen molar-refractivity contribution in [2.24, 2.45) is 0 Å².